The molecule has 2 nitrogen and oxygen atoms in total. The summed E-state index contributed by atoms with van der Waals surface area (Å²) in [5.41, 5.74) is 2.15. The van der Waals surface area contributed by atoms with Crippen LogP contribution in [0.3, 0.4) is 0 Å². The van der Waals surface area contributed by atoms with Crippen LogP contribution >= 0.6 is 0 Å². The minimum atomic E-state index is -1.80. The van der Waals surface area contributed by atoms with E-state index in [1.165, 1.54) is 12.2 Å². The van der Waals surface area contributed by atoms with E-state index in [1.54, 1.807) is 6.08 Å². The minimum absolute atomic E-state index is 0.241. The van der Waals surface area contributed by atoms with E-state index in [0.717, 1.165) is 6.08 Å². The van der Waals surface area contributed by atoms with E-state index >= 15 is 0 Å². The molecule has 0 fully saturated rings. The van der Waals surface area contributed by atoms with Gasteiger partial charge in [-0.25, -0.2) is 4.39 Å². The predicted octanol–water partition coefficient (Wildman–Crippen LogP) is 1.53. The van der Waals surface area contributed by atoms with E-state index in [1.807, 2.05) is 13.8 Å². The highest BCUT2D eigenvalue weighted by Crippen LogP contribution is 2.12. The van der Waals surface area contributed by atoms with Crippen molar-refractivity contribution in [2.45, 2.75) is 13.8 Å². The number of hydrogen-bond acceptors (Lipinski definition) is 2. The smallest absolute Gasteiger partial charge is 0.423 e. The SMILES string of the molecule is CC.OB(O)C1=C=CC=CC=C1F. The fraction of sp³-hybridized carbons (Fsp3) is 0.222. The van der Waals surface area contributed by atoms with Crippen molar-refractivity contribution < 1.29 is 14.4 Å². The normalized spacial score (nSPS) is 13.6. The van der Waals surface area contributed by atoms with Crippen molar-refractivity contribution >= 4 is 7.12 Å². The average molecular weight is 182 g/mol. The minimum Gasteiger partial charge on any atom is -0.423 e. The molecule has 1 rings (SSSR count). The largest absolute Gasteiger partial charge is 0.499 e. The van der Waals surface area contributed by atoms with E-state index < -0.39 is 12.9 Å². The molecule has 0 aliphatic heterocycles. The Morgan fingerprint density at radius 3 is 2.46 bits per heavy atom. The Kier molecular flexibility index (Phi) is 5.90. The first-order chi connectivity index (χ1) is 6.22. The van der Waals surface area contributed by atoms with Gasteiger partial charge in [-0.05, 0) is 12.2 Å². The molecule has 0 saturated heterocycles. The first-order valence-corrected chi connectivity index (χ1v) is 4.07. The van der Waals surface area contributed by atoms with Gasteiger partial charge in [-0.1, -0.05) is 26.0 Å². The summed E-state index contributed by atoms with van der Waals surface area (Å²) in [6, 6.07) is 0. The van der Waals surface area contributed by atoms with Gasteiger partial charge in [-0.3, -0.25) is 0 Å². The first-order valence-electron chi connectivity index (χ1n) is 4.07. The summed E-state index contributed by atoms with van der Waals surface area (Å²) in [6.45, 7) is 4.00. The van der Waals surface area contributed by atoms with Crippen LogP contribution in [0, 0.1) is 0 Å². The molecule has 0 aromatic heterocycles. The molecule has 0 aromatic carbocycles. The first kappa shape index (κ1) is 11.9. The van der Waals surface area contributed by atoms with Gasteiger partial charge in [0.15, 0.2) is 0 Å². The summed E-state index contributed by atoms with van der Waals surface area (Å²) in [4.78, 5) is 0. The molecule has 0 radical (unpaired) electrons. The Morgan fingerprint density at radius 2 is 1.92 bits per heavy atom. The summed E-state index contributed by atoms with van der Waals surface area (Å²) >= 11 is 0. The zero-order valence-corrected chi connectivity index (χ0v) is 7.66. The number of halogens is 1. The van der Waals surface area contributed by atoms with Crippen LogP contribution in [0.4, 0.5) is 4.39 Å². The van der Waals surface area contributed by atoms with Crippen LogP contribution in [0.2, 0.25) is 0 Å². The maximum Gasteiger partial charge on any atom is 0.499 e. The highest BCUT2D eigenvalue weighted by molar-refractivity contribution is 6.52. The zero-order valence-electron chi connectivity index (χ0n) is 7.66. The Balaban J connectivity index is 0.000000671. The van der Waals surface area contributed by atoms with Gasteiger partial charge in [0.25, 0.3) is 0 Å². The second-order valence-corrected chi connectivity index (χ2v) is 2.00. The molecule has 0 bridgehead atoms. The second kappa shape index (κ2) is 6.43. The van der Waals surface area contributed by atoms with Crippen LogP contribution in [0.1, 0.15) is 13.8 Å². The van der Waals surface area contributed by atoms with Crippen LogP contribution in [-0.4, -0.2) is 17.2 Å². The lowest BCUT2D eigenvalue weighted by Crippen LogP contribution is -2.15. The molecule has 0 amide bonds. The summed E-state index contributed by atoms with van der Waals surface area (Å²) in [7, 11) is -1.80. The fourth-order valence-electron chi connectivity index (χ4n) is 0.690. The molecular weight excluding hydrogens is 170 g/mol. The molecule has 0 heterocycles. The molecule has 0 saturated carbocycles. The van der Waals surface area contributed by atoms with Gasteiger partial charge in [0.1, 0.15) is 5.83 Å². The summed E-state index contributed by atoms with van der Waals surface area (Å²) in [5.74, 6) is -0.676. The van der Waals surface area contributed by atoms with Crippen LogP contribution in [-0.2, 0) is 0 Å². The highest BCUT2D eigenvalue weighted by Gasteiger charge is 2.18. The zero-order chi connectivity index (χ0) is 10.3. The van der Waals surface area contributed by atoms with Crippen molar-refractivity contribution in [2.75, 3.05) is 0 Å². The summed E-state index contributed by atoms with van der Waals surface area (Å²) in [5, 5.41) is 17.2. The van der Waals surface area contributed by atoms with Crippen molar-refractivity contribution in [1.29, 1.82) is 0 Å². The van der Waals surface area contributed by atoms with E-state index in [2.05, 4.69) is 5.73 Å². The third kappa shape index (κ3) is 3.90. The Labute approximate surface area is 77.5 Å². The third-order valence-corrected chi connectivity index (χ3v) is 1.20. The van der Waals surface area contributed by atoms with Gasteiger partial charge < -0.3 is 10.0 Å². The van der Waals surface area contributed by atoms with Crippen molar-refractivity contribution in [3.8, 4) is 0 Å². The molecular formula is C9H12BFO2. The Bertz CT molecular complexity index is 273. The predicted molar refractivity (Wildman–Crippen MR) is 51.5 cm³/mol. The molecule has 70 valence electrons. The maximum absolute atomic E-state index is 12.7. The van der Waals surface area contributed by atoms with Crippen molar-refractivity contribution in [3.05, 3.63) is 41.3 Å². The quantitative estimate of drug-likeness (QED) is 0.476. The lowest BCUT2D eigenvalue weighted by Gasteiger charge is -1.96. The van der Waals surface area contributed by atoms with Gasteiger partial charge in [0, 0.05) is 0 Å². The fourth-order valence-corrected chi connectivity index (χ4v) is 0.690. The third-order valence-electron chi connectivity index (χ3n) is 1.20. The van der Waals surface area contributed by atoms with Crippen LogP contribution < -0.4 is 0 Å². The van der Waals surface area contributed by atoms with Crippen LogP contribution in [0.15, 0.2) is 41.3 Å². The lowest BCUT2D eigenvalue weighted by molar-refractivity contribution is 0.416. The number of allylic oxidation sites excluding steroid dienone is 5. The summed E-state index contributed by atoms with van der Waals surface area (Å²) < 4.78 is 12.7. The van der Waals surface area contributed by atoms with E-state index in [-0.39, 0.29) is 5.47 Å². The molecule has 0 aromatic rings. The number of hydrogen-bond donors (Lipinski definition) is 2. The molecule has 1 aliphatic carbocycles. The highest BCUT2D eigenvalue weighted by atomic mass is 19.1. The summed E-state index contributed by atoms with van der Waals surface area (Å²) in [6.07, 6.45) is 5.57. The van der Waals surface area contributed by atoms with Gasteiger partial charge in [0.05, 0.1) is 5.47 Å². The maximum atomic E-state index is 12.7. The molecule has 4 heteroatoms. The molecule has 0 spiro atoms. The standard InChI is InChI=1S/C7H6BFO2.C2H6/c9-7-5-3-1-2-4-6(7)8(10)11;1-2/h1-3,5,10-11H;1-2H3. The molecule has 0 atom stereocenters. The Morgan fingerprint density at radius 1 is 1.31 bits per heavy atom. The number of rotatable bonds is 1. The van der Waals surface area contributed by atoms with Crippen molar-refractivity contribution in [1.82, 2.24) is 0 Å². The second-order valence-electron chi connectivity index (χ2n) is 2.00. The van der Waals surface area contributed by atoms with Crippen LogP contribution in [0.5, 0.6) is 0 Å². The lowest BCUT2D eigenvalue weighted by atomic mass is 9.79. The van der Waals surface area contributed by atoms with E-state index in [0.29, 0.717) is 0 Å². The average Bonchev–Trinajstić information content (AvgIpc) is 2.33. The van der Waals surface area contributed by atoms with E-state index in [4.69, 9.17) is 10.0 Å². The van der Waals surface area contributed by atoms with Crippen molar-refractivity contribution in [2.24, 2.45) is 0 Å². The van der Waals surface area contributed by atoms with Crippen molar-refractivity contribution in [3.63, 3.8) is 0 Å². The molecule has 13 heavy (non-hydrogen) atoms. The van der Waals surface area contributed by atoms with Crippen LogP contribution in [0.25, 0.3) is 0 Å². The molecule has 2 N–H and O–H groups in total. The Hall–Kier alpha value is -1.09. The van der Waals surface area contributed by atoms with Gasteiger partial charge in [-0.15, -0.1) is 5.73 Å². The monoisotopic (exact) mass is 182 g/mol. The molecule has 0 unspecified atom stereocenters. The van der Waals surface area contributed by atoms with Gasteiger partial charge in [-0.2, -0.15) is 0 Å². The van der Waals surface area contributed by atoms with Gasteiger partial charge >= 0.3 is 7.12 Å². The topological polar surface area (TPSA) is 40.5 Å². The molecule has 1 aliphatic rings. The van der Waals surface area contributed by atoms with Gasteiger partial charge in [0.2, 0.25) is 0 Å². The van der Waals surface area contributed by atoms with E-state index in [9.17, 15) is 4.39 Å².